The second kappa shape index (κ2) is 8.15. The first-order valence-electron chi connectivity index (χ1n) is 7.23. The lowest BCUT2D eigenvalue weighted by molar-refractivity contribution is -0.131. The Balaban J connectivity index is 2.10. The molecule has 2 amide bonds. The number of nitrogens with one attached hydrogen (secondary N) is 1. The third kappa shape index (κ3) is 6.57. The average Bonchev–Trinajstić information content (AvgIpc) is 2.36. The molecule has 0 aromatic carbocycles. The van der Waals surface area contributed by atoms with Crippen LogP contribution in [0.1, 0.15) is 33.6 Å². The van der Waals surface area contributed by atoms with Gasteiger partial charge in [-0.3, -0.25) is 14.5 Å². The molecule has 1 fully saturated rings. The van der Waals surface area contributed by atoms with E-state index in [9.17, 15) is 9.59 Å². The summed E-state index contributed by atoms with van der Waals surface area (Å²) in [4.78, 5) is 26.9. The van der Waals surface area contributed by atoms with Gasteiger partial charge in [0.25, 0.3) is 0 Å². The van der Waals surface area contributed by atoms with Crippen LogP contribution < -0.4 is 5.32 Å². The van der Waals surface area contributed by atoms with Crippen molar-refractivity contribution in [2.45, 2.75) is 33.6 Å². The van der Waals surface area contributed by atoms with Crippen LogP contribution in [0, 0.1) is 5.92 Å². The number of hydrogen-bond acceptors (Lipinski definition) is 3. The second-order valence-electron chi connectivity index (χ2n) is 5.63. The zero-order chi connectivity index (χ0) is 14.3. The van der Waals surface area contributed by atoms with Gasteiger partial charge in [-0.2, -0.15) is 0 Å². The summed E-state index contributed by atoms with van der Waals surface area (Å²) in [7, 11) is 0. The highest BCUT2D eigenvalue weighted by Crippen LogP contribution is 2.03. The molecule has 1 saturated heterocycles. The fraction of sp³-hybridized carbons (Fsp3) is 0.857. The molecular formula is C14H27N3O2. The molecule has 0 atom stereocenters. The SMILES string of the molecule is CC(=O)N1CCN(CCC(=O)NCCC(C)C)CC1. The van der Waals surface area contributed by atoms with Crippen molar-refractivity contribution in [3.8, 4) is 0 Å². The van der Waals surface area contributed by atoms with Crippen molar-refractivity contribution in [2.75, 3.05) is 39.3 Å². The van der Waals surface area contributed by atoms with Crippen LogP contribution >= 0.6 is 0 Å². The number of amides is 2. The smallest absolute Gasteiger partial charge is 0.221 e. The quantitative estimate of drug-likeness (QED) is 0.772. The summed E-state index contributed by atoms with van der Waals surface area (Å²) < 4.78 is 0. The van der Waals surface area contributed by atoms with Gasteiger partial charge in [-0.1, -0.05) is 13.8 Å². The summed E-state index contributed by atoms with van der Waals surface area (Å²) in [5.41, 5.74) is 0. The van der Waals surface area contributed by atoms with Crippen molar-refractivity contribution < 1.29 is 9.59 Å². The first kappa shape index (κ1) is 16.0. The molecule has 19 heavy (non-hydrogen) atoms. The summed E-state index contributed by atoms with van der Waals surface area (Å²) in [5.74, 6) is 0.903. The van der Waals surface area contributed by atoms with E-state index in [1.165, 1.54) is 0 Å². The van der Waals surface area contributed by atoms with Crippen molar-refractivity contribution in [1.82, 2.24) is 15.1 Å². The number of piperazine rings is 1. The van der Waals surface area contributed by atoms with Gasteiger partial charge in [-0.15, -0.1) is 0 Å². The van der Waals surface area contributed by atoms with Crippen molar-refractivity contribution in [3.05, 3.63) is 0 Å². The maximum Gasteiger partial charge on any atom is 0.221 e. The zero-order valence-electron chi connectivity index (χ0n) is 12.4. The van der Waals surface area contributed by atoms with Gasteiger partial charge >= 0.3 is 0 Å². The minimum Gasteiger partial charge on any atom is -0.356 e. The van der Waals surface area contributed by atoms with Gasteiger partial charge < -0.3 is 10.2 Å². The largest absolute Gasteiger partial charge is 0.356 e. The van der Waals surface area contributed by atoms with Gasteiger partial charge in [0.2, 0.25) is 11.8 Å². The van der Waals surface area contributed by atoms with Crippen molar-refractivity contribution >= 4 is 11.8 Å². The van der Waals surface area contributed by atoms with Gasteiger partial charge in [0.15, 0.2) is 0 Å². The van der Waals surface area contributed by atoms with Crippen LogP contribution in [0.25, 0.3) is 0 Å². The third-order valence-corrected chi connectivity index (χ3v) is 3.52. The summed E-state index contributed by atoms with van der Waals surface area (Å²) in [5, 5.41) is 2.95. The maximum absolute atomic E-state index is 11.6. The summed E-state index contributed by atoms with van der Waals surface area (Å²) in [6.07, 6.45) is 1.58. The van der Waals surface area contributed by atoms with E-state index in [1.807, 2.05) is 4.90 Å². The van der Waals surface area contributed by atoms with Crippen molar-refractivity contribution in [2.24, 2.45) is 5.92 Å². The summed E-state index contributed by atoms with van der Waals surface area (Å²) in [6.45, 7) is 10.8. The fourth-order valence-electron chi connectivity index (χ4n) is 2.13. The molecule has 0 unspecified atom stereocenters. The molecule has 0 saturated carbocycles. The molecule has 0 aromatic rings. The highest BCUT2D eigenvalue weighted by atomic mass is 16.2. The Kier molecular flexibility index (Phi) is 6.84. The normalized spacial score (nSPS) is 16.7. The monoisotopic (exact) mass is 269 g/mol. The molecule has 0 bridgehead atoms. The van der Waals surface area contributed by atoms with E-state index in [4.69, 9.17) is 0 Å². The van der Waals surface area contributed by atoms with Crippen LogP contribution in [0.5, 0.6) is 0 Å². The summed E-state index contributed by atoms with van der Waals surface area (Å²) in [6, 6.07) is 0. The van der Waals surface area contributed by atoms with Gasteiger partial charge in [0.05, 0.1) is 0 Å². The second-order valence-corrected chi connectivity index (χ2v) is 5.63. The third-order valence-electron chi connectivity index (χ3n) is 3.52. The van der Waals surface area contributed by atoms with Gasteiger partial charge in [-0.25, -0.2) is 0 Å². The zero-order valence-corrected chi connectivity index (χ0v) is 12.4. The Morgan fingerprint density at radius 1 is 1.16 bits per heavy atom. The Morgan fingerprint density at radius 2 is 1.79 bits per heavy atom. The molecule has 0 aromatic heterocycles. The van der Waals surface area contributed by atoms with Crippen LogP contribution in [0.3, 0.4) is 0 Å². The molecule has 1 heterocycles. The first-order chi connectivity index (χ1) is 8.99. The molecule has 1 aliphatic rings. The van der Waals surface area contributed by atoms with E-state index in [2.05, 4.69) is 24.1 Å². The highest BCUT2D eigenvalue weighted by Gasteiger charge is 2.18. The van der Waals surface area contributed by atoms with E-state index < -0.39 is 0 Å². The molecule has 0 aliphatic carbocycles. The molecule has 5 nitrogen and oxygen atoms in total. The number of hydrogen-bond donors (Lipinski definition) is 1. The van der Waals surface area contributed by atoms with E-state index >= 15 is 0 Å². The number of rotatable bonds is 6. The average molecular weight is 269 g/mol. The van der Waals surface area contributed by atoms with Gasteiger partial charge in [0.1, 0.15) is 0 Å². The molecular weight excluding hydrogens is 242 g/mol. The summed E-state index contributed by atoms with van der Waals surface area (Å²) >= 11 is 0. The Bertz CT molecular complexity index is 297. The lowest BCUT2D eigenvalue weighted by Crippen LogP contribution is -2.48. The maximum atomic E-state index is 11.6. The van der Waals surface area contributed by atoms with E-state index in [0.29, 0.717) is 12.3 Å². The molecule has 110 valence electrons. The Hall–Kier alpha value is -1.10. The van der Waals surface area contributed by atoms with Crippen molar-refractivity contribution in [1.29, 1.82) is 0 Å². The predicted molar refractivity (Wildman–Crippen MR) is 75.8 cm³/mol. The molecule has 5 heteroatoms. The first-order valence-corrected chi connectivity index (χ1v) is 7.23. The van der Waals surface area contributed by atoms with Gasteiger partial charge in [-0.05, 0) is 12.3 Å². The molecule has 0 radical (unpaired) electrons. The van der Waals surface area contributed by atoms with Crippen LogP contribution in [0.2, 0.25) is 0 Å². The van der Waals surface area contributed by atoms with Gasteiger partial charge in [0, 0.05) is 52.6 Å². The molecule has 1 rings (SSSR count). The minimum absolute atomic E-state index is 0.134. The lowest BCUT2D eigenvalue weighted by Gasteiger charge is -2.34. The van der Waals surface area contributed by atoms with Crippen LogP contribution in [0.15, 0.2) is 0 Å². The van der Waals surface area contributed by atoms with Crippen LogP contribution in [-0.4, -0.2) is 60.9 Å². The van der Waals surface area contributed by atoms with Crippen molar-refractivity contribution in [3.63, 3.8) is 0 Å². The Morgan fingerprint density at radius 3 is 2.32 bits per heavy atom. The van der Waals surface area contributed by atoms with E-state index in [0.717, 1.165) is 45.7 Å². The minimum atomic E-state index is 0.134. The topological polar surface area (TPSA) is 52.7 Å². The number of nitrogens with zero attached hydrogens (tertiary/aromatic N) is 2. The fourth-order valence-corrected chi connectivity index (χ4v) is 2.13. The van der Waals surface area contributed by atoms with Crippen LogP contribution in [0.4, 0.5) is 0 Å². The highest BCUT2D eigenvalue weighted by molar-refractivity contribution is 5.76. The lowest BCUT2D eigenvalue weighted by atomic mass is 10.1. The number of carbonyl (C=O) groups is 2. The van der Waals surface area contributed by atoms with E-state index in [1.54, 1.807) is 6.92 Å². The molecule has 1 aliphatic heterocycles. The predicted octanol–water partition coefficient (Wildman–Crippen LogP) is 0.703. The van der Waals surface area contributed by atoms with Crippen LogP contribution in [-0.2, 0) is 9.59 Å². The Labute approximate surface area is 116 Å². The molecule has 1 N–H and O–H groups in total. The molecule has 0 spiro atoms. The standard InChI is InChI=1S/C14H27N3O2/c1-12(2)4-6-15-14(19)5-7-16-8-10-17(11-9-16)13(3)18/h12H,4-11H2,1-3H3,(H,15,19). The number of carbonyl (C=O) groups excluding carboxylic acids is 2. The van der Waals surface area contributed by atoms with E-state index in [-0.39, 0.29) is 11.8 Å².